The van der Waals surface area contributed by atoms with Gasteiger partial charge in [-0.1, -0.05) is 11.6 Å². The van der Waals surface area contributed by atoms with Crippen molar-refractivity contribution in [1.82, 2.24) is 9.88 Å². The Bertz CT molecular complexity index is 372. The largest absolute Gasteiger partial charge is 0.489 e. The van der Waals surface area contributed by atoms with Gasteiger partial charge in [0.2, 0.25) is 0 Å². The van der Waals surface area contributed by atoms with Crippen molar-refractivity contribution >= 4 is 27.5 Å². The summed E-state index contributed by atoms with van der Waals surface area (Å²) >= 11 is 9.26. The quantitative estimate of drug-likeness (QED) is 0.797. The van der Waals surface area contributed by atoms with Gasteiger partial charge in [0.25, 0.3) is 0 Å². The van der Waals surface area contributed by atoms with Crippen LogP contribution in [0.2, 0.25) is 5.15 Å². The van der Waals surface area contributed by atoms with Crippen LogP contribution in [0.25, 0.3) is 0 Å². The van der Waals surface area contributed by atoms with E-state index in [2.05, 4.69) is 25.8 Å². The smallest absolute Gasteiger partial charge is 0.171 e. The van der Waals surface area contributed by atoms with Gasteiger partial charge in [-0.25, -0.2) is 4.98 Å². The lowest BCUT2D eigenvalue weighted by molar-refractivity contribution is 0.0322. The molecule has 1 saturated heterocycles. The van der Waals surface area contributed by atoms with Gasteiger partial charge < -0.3 is 9.47 Å². The summed E-state index contributed by atoms with van der Waals surface area (Å²) in [4.78, 5) is 6.31. The predicted octanol–water partition coefficient (Wildman–Crippen LogP) is 2.21. The molecule has 1 aromatic rings. The first kappa shape index (κ1) is 13.1. The van der Waals surface area contributed by atoms with Gasteiger partial charge in [-0.2, -0.15) is 0 Å². The number of halogens is 2. The van der Waals surface area contributed by atoms with Crippen LogP contribution in [0.4, 0.5) is 0 Å². The highest BCUT2D eigenvalue weighted by molar-refractivity contribution is 9.10. The molecule has 0 spiro atoms. The van der Waals surface area contributed by atoms with E-state index in [1.807, 2.05) is 6.07 Å². The summed E-state index contributed by atoms with van der Waals surface area (Å²) in [5, 5.41) is 0.398. The van der Waals surface area contributed by atoms with Gasteiger partial charge in [0.15, 0.2) is 10.9 Å². The second kappa shape index (κ2) is 6.54. The Labute approximate surface area is 114 Å². The van der Waals surface area contributed by atoms with Gasteiger partial charge in [0, 0.05) is 30.3 Å². The third kappa shape index (κ3) is 4.10. The molecule has 1 aromatic heterocycles. The van der Waals surface area contributed by atoms with E-state index in [0.29, 0.717) is 17.5 Å². The molecule has 0 radical (unpaired) electrons. The number of ether oxygens (including phenoxy) is 2. The van der Waals surface area contributed by atoms with Crippen LogP contribution in [0, 0.1) is 0 Å². The summed E-state index contributed by atoms with van der Waals surface area (Å²) < 4.78 is 11.8. The van der Waals surface area contributed by atoms with Gasteiger partial charge >= 0.3 is 0 Å². The van der Waals surface area contributed by atoms with E-state index in [0.717, 1.165) is 37.3 Å². The monoisotopic (exact) mass is 320 g/mol. The first-order valence-corrected chi connectivity index (χ1v) is 6.67. The average Bonchev–Trinajstić information content (AvgIpc) is 2.35. The van der Waals surface area contributed by atoms with Crippen LogP contribution in [0.15, 0.2) is 16.7 Å². The number of rotatable bonds is 4. The van der Waals surface area contributed by atoms with Crippen LogP contribution in [-0.2, 0) is 4.74 Å². The lowest BCUT2D eigenvalue weighted by Crippen LogP contribution is -2.38. The number of aromatic nitrogens is 1. The van der Waals surface area contributed by atoms with Gasteiger partial charge in [0.05, 0.1) is 13.2 Å². The first-order valence-electron chi connectivity index (χ1n) is 5.49. The van der Waals surface area contributed by atoms with E-state index in [1.54, 1.807) is 6.20 Å². The van der Waals surface area contributed by atoms with Crippen molar-refractivity contribution in [2.45, 2.75) is 0 Å². The second-order valence-corrected chi connectivity index (χ2v) is 5.02. The Hall–Kier alpha value is -0.360. The third-order valence-electron chi connectivity index (χ3n) is 2.54. The molecule has 1 fully saturated rings. The first-order chi connectivity index (χ1) is 8.25. The summed E-state index contributed by atoms with van der Waals surface area (Å²) in [6.45, 7) is 5.03. The maximum atomic E-state index is 5.93. The number of hydrogen-bond donors (Lipinski definition) is 0. The predicted molar refractivity (Wildman–Crippen MR) is 69.7 cm³/mol. The standard InChI is InChI=1S/C11H14BrClN2O2/c12-9-7-10(11(13)14-8-9)17-6-3-15-1-4-16-5-2-15/h7-8H,1-6H2. The van der Waals surface area contributed by atoms with Gasteiger partial charge in [-0.15, -0.1) is 0 Å². The lowest BCUT2D eigenvalue weighted by Gasteiger charge is -2.26. The number of morpholine rings is 1. The molecule has 1 aliphatic heterocycles. The van der Waals surface area contributed by atoms with E-state index < -0.39 is 0 Å². The maximum absolute atomic E-state index is 5.93. The Morgan fingerprint density at radius 1 is 1.47 bits per heavy atom. The van der Waals surface area contributed by atoms with Gasteiger partial charge in [0.1, 0.15) is 6.61 Å². The molecule has 0 amide bonds. The molecule has 0 atom stereocenters. The molecule has 0 N–H and O–H groups in total. The molecule has 0 unspecified atom stereocenters. The van der Waals surface area contributed by atoms with E-state index >= 15 is 0 Å². The van der Waals surface area contributed by atoms with Gasteiger partial charge in [-0.05, 0) is 22.0 Å². The number of nitrogens with zero attached hydrogens (tertiary/aromatic N) is 2. The molecule has 0 saturated carbocycles. The Morgan fingerprint density at radius 3 is 3.00 bits per heavy atom. The third-order valence-corrected chi connectivity index (χ3v) is 3.26. The Balaban J connectivity index is 1.79. The molecular formula is C11H14BrClN2O2. The molecule has 0 aromatic carbocycles. The number of hydrogen-bond acceptors (Lipinski definition) is 4. The zero-order valence-electron chi connectivity index (χ0n) is 9.36. The minimum Gasteiger partial charge on any atom is -0.489 e. The zero-order valence-corrected chi connectivity index (χ0v) is 11.7. The van der Waals surface area contributed by atoms with E-state index in [-0.39, 0.29) is 0 Å². The fraction of sp³-hybridized carbons (Fsp3) is 0.545. The fourth-order valence-corrected chi connectivity index (χ4v) is 2.08. The number of pyridine rings is 1. The van der Waals surface area contributed by atoms with Crippen molar-refractivity contribution < 1.29 is 9.47 Å². The van der Waals surface area contributed by atoms with Crippen LogP contribution in [0.3, 0.4) is 0 Å². The van der Waals surface area contributed by atoms with Crippen LogP contribution < -0.4 is 4.74 Å². The van der Waals surface area contributed by atoms with Crippen LogP contribution in [0.5, 0.6) is 5.75 Å². The van der Waals surface area contributed by atoms with E-state index in [9.17, 15) is 0 Å². The van der Waals surface area contributed by atoms with Crippen molar-refractivity contribution in [3.63, 3.8) is 0 Å². The topological polar surface area (TPSA) is 34.6 Å². The maximum Gasteiger partial charge on any atom is 0.171 e. The fourth-order valence-electron chi connectivity index (χ4n) is 1.61. The van der Waals surface area contributed by atoms with Crippen LogP contribution in [0.1, 0.15) is 0 Å². The minimum absolute atomic E-state index is 0.398. The zero-order chi connectivity index (χ0) is 12.1. The molecule has 17 heavy (non-hydrogen) atoms. The van der Waals surface area contributed by atoms with E-state index in [1.165, 1.54) is 0 Å². The summed E-state index contributed by atoms with van der Waals surface area (Å²) in [6.07, 6.45) is 1.65. The van der Waals surface area contributed by atoms with Crippen molar-refractivity contribution in [2.75, 3.05) is 39.5 Å². The molecular weight excluding hydrogens is 307 g/mol. The average molecular weight is 322 g/mol. The Morgan fingerprint density at radius 2 is 2.24 bits per heavy atom. The highest BCUT2D eigenvalue weighted by Gasteiger charge is 2.10. The molecule has 94 valence electrons. The van der Waals surface area contributed by atoms with Crippen molar-refractivity contribution in [3.8, 4) is 5.75 Å². The van der Waals surface area contributed by atoms with Crippen LogP contribution >= 0.6 is 27.5 Å². The van der Waals surface area contributed by atoms with Crippen molar-refractivity contribution in [3.05, 3.63) is 21.9 Å². The Kier molecular flexibility index (Phi) is 5.03. The summed E-state index contributed by atoms with van der Waals surface area (Å²) in [7, 11) is 0. The molecule has 1 aliphatic rings. The molecule has 0 aliphatic carbocycles. The molecule has 4 nitrogen and oxygen atoms in total. The van der Waals surface area contributed by atoms with Crippen molar-refractivity contribution in [1.29, 1.82) is 0 Å². The molecule has 6 heteroatoms. The summed E-state index contributed by atoms with van der Waals surface area (Å²) in [6, 6.07) is 1.83. The minimum atomic E-state index is 0.398. The van der Waals surface area contributed by atoms with Gasteiger partial charge in [-0.3, -0.25) is 4.90 Å². The molecule has 2 rings (SSSR count). The summed E-state index contributed by atoms with van der Waals surface area (Å²) in [5.74, 6) is 0.620. The SMILES string of the molecule is Clc1ncc(Br)cc1OCCN1CCOCC1. The van der Waals surface area contributed by atoms with Crippen LogP contribution in [-0.4, -0.2) is 49.3 Å². The lowest BCUT2D eigenvalue weighted by atomic mass is 10.4. The highest BCUT2D eigenvalue weighted by atomic mass is 79.9. The van der Waals surface area contributed by atoms with E-state index in [4.69, 9.17) is 21.1 Å². The molecule has 2 heterocycles. The normalized spacial score (nSPS) is 17.1. The second-order valence-electron chi connectivity index (χ2n) is 3.74. The highest BCUT2D eigenvalue weighted by Crippen LogP contribution is 2.25. The summed E-state index contributed by atoms with van der Waals surface area (Å²) in [5.41, 5.74) is 0. The van der Waals surface area contributed by atoms with Crippen molar-refractivity contribution in [2.24, 2.45) is 0 Å². The molecule has 0 bridgehead atoms.